The Labute approximate surface area is 224 Å². The Morgan fingerprint density at radius 1 is 1.13 bits per heavy atom. The van der Waals surface area contributed by atoms with E-state index in [1.54, 1.807) is 6.07 Å². The number of rotatable bonds is 8. The summed E-state index contributed by atoms with van der Waals surface area (Å²) in [5.41, 5.74) is 1.27. The van der Waals surface area contributed by atoms with E-state index in [4.69, 9.17) is 5.11 Å². The Bertz CT molecular complexity index is 1370. The molecule has 4 amide bonds. The maximum Gasteiger partial charge on any atom is 0.305 e. The smallest absolute Gasteiger partial charge is 0.305 e. The monoisotopic (exact) mass is 535 g/mol. The van der Waals surface area contributed by atoms with E-state index < -0.39 is 54.1 Å². The Morgan fingerprint density at radius 3 is 2.51 bits per heavy atom. The van der Waals surface area contributed by atoms with Gasteiger partial charge in [-0.05, 0) is 30.4 Å². The van der Waals surface area contributed by atoms with Crippen molar-refractivity contribution in [3.05, 3.63) is 54.2 Å². The fourth-order valence-corrected chi connectivity index (χ4v) is 4.80. The fourth-order valence-electron chi connectivity index (χ4n) is 4.80. The molecule has 4 rings (SSSR count). The zero-order valence-electron chi connectivity index (χ0n) is 21.5. The summed E-state index contributed by atoms with van der Waals surface area (Å²) in [7, 11) is 3.79. The first-order valence-corrected chi connectivity index (χ1v) is 12.4. The molecule has 3 atom stereocenters. The highest BCUT2D eigenvalue weighted by Gasteiger charge is 2.43. The summed E-state index contributed by atoms with van der Waals surface area (Å²) in [6.45, 7) is 0. The average Bonchev–Trinajstić information content (AvgIpc) is 3.03. The molecule has 2 aromatic carbocycles. The second kappa shape index (κ2) is 11.3. The quantitative estimate of drug-likeness (QED) is 0.420. The molecule has 2 aliphatic rings. The number of nitrogens with zero attached hydrogens (tertiary/aromatic N) is 3. The number of carboxylic acids is 1. The molecule has 2 aliphatic heterocycles. The third-order valence-corrected chi connectivity index (χ3v) is 6.68. The SMILES string of the molecule is CN(C)c1ccc(C(=O)N[C@H]2CCC(=O)N3C=CC[C@@H](C(=O)N[C@H](C=O)CC(=O)O)N3C2=O)c2ccccc12. The van der Waals surface area contributed by atoms with Gasteiger partial charge in [0.2, 0.25) is 11.8 Å². The molecule has 3 N–H and O–H groups in total. The van der Waals surface area contributed by atoms with Crippen molar-refractivity contribution < 1.29 is 33.9 Å². The van der Waals surface area contributed by atoms with Gasteiger partial charge in [0, 0.05) is 43.4 Å². The van der Waals surface area contributed by atoms with Gasteiger partial charge in [-0.1, -0.05) is 30.3 Å². The number of aldehydes is 1. The maximum absolute atomic E-state index is 13.7. The number of nitrogens with one attached hydrogen (secondary N) is 2. The lowest BCUT2D eigenvalue weighted by molar-refractivity contribution is -0.166. The number of benzene rings is 2. The Kier molecular flexibility index (Phi) is 7.93. The Hall–Kier alpha value is -4.74. The van der Waals surface area contributed by atoms with E-state index in [1.807, 2.05) is 49.3 Å². The van der Waals surface area contributed by atoms with Gasteiger partial charge in [-0.15, -0.1) is 0 Å². The summed E-state index contributed by atoms with van der Waals surface area (Å²) in [6, 6.07) is 7.24. The molecule has 1 fully saturated rings. The van der Waals surface area contributed by atoms with Crippen LogP contribution in [0, 0.1) is 0 Å². The van der Waals surface area contributed by atoms with Crippen molar-refractivity contribution in [1.29, 1.82) is 0 Å². The molecular weight excluding hydrogens is 506 g/mol. The van der Waals surface area contributed by atoms with Crippen LogP contribution in [-0.4, -0.2) is 83.2 Å². The third-order valence-electron chi connectivity index (χ3n) is 6.68. The van der Waals surface area contributed by atoms with Crippen LogP contribution in [0.4, 0.5) is 5.69 Å². The van der Waals surface area contributed by atoms with Gasteiger partial charge >= 0.3 is 5.97 Å². The van der Waals surface area contributed by atoms with Crippen LogP contribution in [-0.2, 0) is 24.0 Å². The molecule has 0 aromatic heterocycles. The summed E-state index contributed by atoms with van der Waals surface area (Å²) in [6.07, 6.45) is 2.56. The zero-order valence-corrected chi connectivity index (χ0v) is 21.5. The van der Waals surface area contributed by atoms with Gasteiger partial charge in [0.15, 0.2) is 0 Å². The van der Waals surface area contributed by atoms with Crippen LogP contribution in [0.25, 0.3) is 10.8 Å². The summed E-state index contributed by atoms with van der Waals surface area (Å²) in [5, 5.41) is 17.6. The normalized spacial score (nSPS) is 19.6. The Balaban J connectivity index is 1.60. The highest BCUT2D eigenvalue weighted by atomic mass is 16.4. The summed E-state index contributed by atoms with van der Waals surface area (Å²) < 4.78 is 0. The van der Waals surface area contributed by atoms with E-state index in [1.165, 1.54) is 12.3 Å². The zero-order chi connectivity index (χ0) is 28.3. The lowest BCUT2D eigenvalue weighted by Gasteiger charge is -2.39. The molecule has 39 heavy (non-hydrogen) atoms. The predicted octanol–water partition coefficient (Wildman–Crippen LogP) is 0.815. The highest BCUT2D eigenvalue weighted by molar-refractivity contribution is 6.11. The molecule has 0 bridgehead atoms. The van der Waals surface area contributed by atoms with E-state index in [2.05, 4.69) is 10.6 Å². The van der Waals surface area contributed by atoms with E-state index in [9.17, 15) is 28.8 Å². The van der Waals surface area contributed by atoms with Crippen molar-refractivity contribution >= 4 is 52.3 Å². The molecule has 204 valence electrons. The van der Waals surface area contributed by atoms with Crippen LogP contribution < -0.4 is 15.5 Å². The number of hydrogen-bond donors (Lipinski definition) is 3. The first kappa shape index (κ1) is 27.3. The van der Waals surface area contributed by atoms with Gasteiger partial charge in [-0.2, -0.15) is 0 Å². The maximum atomic E-state index is 13.7. The van der Waals surface area contributed by atoms with Gasteiger partial charge in [0.05, 0.1) is 12.5 Å². The van der Waals surface area contributed by atoms with Crippen LogP contribution >= 0.6 is 0 Å². The molecule has 0 aliphatic carbocycles. The minimum atomic E-state index is -1.30. The van der Waals surface area contributed by atoms with Crippen molar-refractivity contribution in [3.63, 3.8) is 0 Å². The lowest BCUT2D eigenvalue weighted by atomic mass is 10.0. The molecule has 12 nitrogen and oxygen atoms in total. The van der Waals surface area contributed by atoms with Gasteiger partial charge in [0.25, 0.3) is 11.8 Å². The average molecular weight is 536 g/mol. The van der Waals surface area contributed by atoms with Crippen molar-refractivity contribution in [2.75, 3.05) is 19.0 Å². The predicted molar refractivity (Wildman–Crippen MR) is 140 cm³/mol. The molecule has 2 aromatic rings. The Morgan fingerprint density at radius 2 is 1.85 bits per heavy atom. The number of hydrazine groups is 1. The molecular formula is C27H29N5O7. The van der Waals surface area contributed by atoms with E-state index in [0.29, 0.717) is 17.2 Å². The van der Waals surface area contributed by atoms with Gasteiger partial charge in [-0.3, -0.25) is 24.0 Å². The van der Waals surface area contributed by atoms with Gasteiger partial charge in [-0.25, -0.2) is 10.0 Å². The van der Waals surface area contributed by atoms with Gasteiger partial charge < -0.3 is 25.4 Å². The summed E-state index contributed by atoms with van der Waals surface area (Å²) >= 11 is 0. The number of carbonyl (C=O) groups excluding carboxylic acids is 5. The minimum absolute atomic E-state index is 0.0161. The number of anilines is 1. The fraction of sp³-hybridized carbons (Fsp3) is 0.333. The number of aliphatic carboxylic acids is 1. The van der Waals surface area contributed by atoms with Crippen LogP contribution in [0.1, 0.15) is 36.0 Å². The topological polar surface area (TPSA) is 156 Å². The third kappa shape index (κ3) is 5.59. The molecule has 0 saturated carbocycles. The summed E-state index contributed by atoms with van der Waals surface area (Å²) in [4.78, 5) is 77.2. The largest absolute Gasteiger partial charge is 0.481 e. The number of amides is 4. The van der Waals surface area contributed by atoms with Crippen molar-refractivity contribution in [2.45, 2.75) is 43.8 Å². The molecule has 0 unspecified atom stereocenters. The van der Waals surface area contributed by atoms with E-state index in [-0.39, 0.29) is 19.3 Å². The van der Waals surface area contributed by atoms with E-state index in [0.717, 1.165) is 21.1 Å². The van der Waals surface area contributed by atoms with Crippen LogP contribution in [0.15, 0.2) is 48.7 Å². The second-order valence-corrected chi connectivity index (χ2v) is 9.54. The number of carbonyl (C=O) groups is 6. The molecule has 12 heteroatoms. The highest BCUT2D eigenvalue weighted by Crippen LogP contribution is 2.29. The molecule has 1 saturated heterocycles. The van der Waals surface area contributed by atoms with Gasteiger partial charge in [0.1, 0.15) is 18.4 Å². The van der Waals surface area contributed by atoms with Crippen molar-refractivity contribution in [3.8, 4) is 0 Å². The van der Waals surface area contributed by atoms with E-state index >= 15 is 0 Å². The van der Waals surface area contributed by atoms with Crippen molar-refractivity contribution in [1.82, 2.24) is 20.7 Å². The molecule has 2 heterocycles. The number of hydrogen-bond acceptors (Lipinski definition) is 7. The van der Waals surface area contributed by atoms with Crippen LogP contribution in [0.5, 0.6) is 0 Å². The van der Waals surface area contributed by atoms with Crippen LogP contribution in [0.2, 0.25) is 0 Å². The second-order valence-electron chi connectivity index (χ2n) is 9.54. The van der Waals surface area contributed by atoms with Crippen LogP contribution in [0.3, 0.4) is 0 Å². The minimum Gasteiger partial charge on any atom is -0.481 e. The number of fused-ring (bicyclic) bond motifs is 2. The lowest BCUT2D eigenvalue weighted by Crippen LogP contribution is -2.62. The molecule has 0 spiro atoms. The summed E-state index contributed by atoms with van der Waals surface area (Å²) in [5.74, 6) is -3.71. The molecule has 0 radical (unpaired) electrons. The van der Waals surface area contributed by atoms with Crippen molar-refractivity contribution in [2.24, 2.45) is 0 Å². The number of carboxylic acid groups (broad SMARTS) is 1. The standard InChI is InChI=1S/C27H29N5O7/c1-30(2)21-11-9-19(17-6-3-4-7-18(17)21)25(37)29-20-10-12-23(34)31-13-5-8-22(32(31)27(20)39)26(38)28-16(15-33)14-24(35)36/h3-7,9,11,13,15-16,20,22H,8,10,12,14H2,1-2H3,(H,28,38)(H,29,37)(H,35,36)/t16-,20-,22-/m0/s1. The first-order chi connectivity index (χ1) is 18.6. The first-order valence-electron chi connectivity index (χ1n) is 12.4.